The predicted molar refractivity (Wildman–Crippen MR) is 175 cm³/mol. The van der Waals surface area contributed by atoms with Gasteiger partial charge in [-0.3, -0.25) is 0 Å². The molecule has 0 spiro atoms. The Bertz CT molecular complexity index is 1450. The Hall–Kier alpha value is -2.86. The summed E-state index contributed by atoms with van der Waals surface area (Å²) in [7, 11) is 0. The van der Waals surface area contributed by atoms with E-state index in [-0.39, 0.29) is 5.41 Å². The molecule has 0 N–H and O–H groups in total. The molecule has 0 saturated heterocycles. The van der Waals surface area contributed by atoms with Crippen LogP contribution in [0.3, 0.4) is 0 Å². The molecule has 0 fully saturated rings. The second-order valence-corrected chi connectivity index (χ2v) is 13.1. The van der Waals surface area contributed by atoms with Crippen LogP contribution in [0.2, 0.25) is 0 Å². The van der Waals surface area contributed by atoms with Crippen molar-refractivity contribution >= 4 is 23.3 Å². The minimum atomic E-state index is -0.130. The highest BCUT2D eigenvalue weighted by Crippen LogP contribution is 2.58. The van der Waals surface area contributed by atoms with Gasteiger partial charge in [-0.05, 0) is 220 Å². The lowest BCUT2D eigenvalue weighted by Crippen LogP contribution is -2.10. The Morgan fingerprint density at radius 1 is 0.308 bits per heavy atom. The third-order valence-corrected chi connectivity index (χ3v) is 11.3. The summed E-state index contributed by atoms with van der Waals surface area (Å²) in [5.74, 6) is 0. The molecule has 1 aliphatic rings. The normalized spacial score (nSPS) is 16.5. The Morgan fingerprint density at radius 3 is 0.769 bits per heavy atom. The summed E-state index contributed by atoms with van der Waals surface area (Å²) >= 11 is 0. The molecule has 0 aromatic heterocycles. The highest BCUT2D eigenvalue weighted by molar-refractivity contribution is 6.09. The molecule has 206 valence electrons. The molecule has 3 aromatic rings. The summed E-state index contributed by atoms with van der Waals surface area (Å²) in [5.41, 5.74) is 28.4. The molecule has 0 heterocycles. The molecular weight excluding hydrogens is 468 g/mol. The van der Waals surface area contributed by atoms with Crippen LogP contribution in [0, 0.1) is 102 Å². The van der Waals surface area contributed by atoms with Gasteiger partial charge in [-0.15, -0.1) is 0 Å². The van der Waals surface area contributed by atoms with Gasteiger partial charge in [0.05, 0.1) is 0 Å². The molecule has 39 heavy (non-hydrogen) atoms. The van der Waals surface area contributed by atoms with E-state index in [4.69, 9.17) is 0 Å². The Morgan fingerprint density at radius 2 is 0.513 bits per heavy atom. The summed E-state index contributed by atoms with van der Waals surface area (Å²) in [5, 5.41) is 0. The van der Waals surface area contributed by atoms with E-state index in [1.54, 1.807) is 0 Å². The Kier molecular flexibility index (Phi) is 7.21. The summed E-state index contributed by atoms with van der Waals surface area (Å²) in [6, 6.07) is 0. The van der Waals surface area contributed by atoms with Crippen molar-refractivity contribution < 1.29 is 0 Å². The van der Waals surface area contributed by atoms with Crippen molar-refractivity contribution in [1.82, 2.24) is 0 Å². The van der Waals surface area contributed by atoms with Crippen LogP contribution in [-0.2, 0) is 0 Å². The topological polar surface area (TPSA) is 0 Å². The molecule has 0 nitrogen and oxygen atoms in total. The van der Waals surface area contributed by atoms with Gasteiger partial charge in [0.1, 0.15) is 0 Å². The van der Waals surface area contributed by atoms with Gasteiger partial charge in [0.2, 0.25) is 0 Å². The third kappa shape index (κ3) is 4.09. The van der Waals surface area contributed by atoms with Crippen LogP contribution >= 0.6 is 0 Å². The second kappa shape index (κ2) is 9.65. The SMILES string of the molecule is Cc1c(C)c(C)c(C=C2c3c(C)c(C)c(C)c(C)c3C(=Cc3c(C)c(C)c(C)c(C)c3C)C2(C)C)c(C)c1C. The molecule has 0 atom stereocenters. The van der Waals surface area contributed by atoms with Crippen LogP contribution in [-0.4, -0.2) is 0 Å². The highest BCUT2D eigenvalue weighted by Gasteiger charge is 2.41. The van der Waals surface area contributed by atoms with Crippen LogP contribution in [0.15, 0.2) is 0 Å². The first kappa shape index (κ1) is 29.1. The van der Waals surface area contributed by atoms with Gasteiger partial charge in [0.15, 0.2) is 0 Å². The van der Waals surface area contributed by atoms with E-state index in [1.165, 1.54) is 111 Å². The maximum Gasteiger partial charge on any atom is 0.0159 e. The zero-order chi connectivity index (χ0) is 29.5. The first-order valence-corrected chi connectivity index (χ1v) is 14.7. The highest BCUT2D eigenvalue weighted by atomic mass is 14.4. The largest absolute Gasteiger partial charge is 0.0516 e. The van der Waals surface area contributed by atoms with Crippen LogP contribution in [0.5, 0.6) is 0 Å². The first-order valence-electron chi connectivity index (χ1n) is 14.7. The minimum Gasteiger partial charge on any atom is -0.0516 e. The maximum atomic E-state index is 2.55. The van der Waals surface area contributed by atoms with E-state index in [1.807, 2.05) is 0 Å². The smallest absolute Gasteiger partial charge is 0.0159 e. The number of benzene rings is 3. The Labute approximate surface area is 239 Å². The van der Waals surface area contributed by atoms with Crippen molar-refractivity contribution in [3.05, 3.63) is 100 Å². The fraction of sp³-hybridized carbons (Fsp3) is 0.436. The molecule has 0 aliphatic heterocycles. The van der Waals surface area contributed by atoms with E-state index in [0.29, 0.717) is 0 Å². The maximum absolute atomic E-state index is 2.55. The summed E-state index contributed by atoms with van der Waals surface area (Å²) in [6.07, 6.45) is 5.10. The van der Waals surface area contributed by atoms with Crippen LogP contribution < -0.4 is 0 Å². The molecular formula is C39H50. The molecule has 0 heteroatoms. The predicted octanol–water partition coefficient (Wildman–Crippen LogP) is 11.1. The van der Waals surface area contributed by atoms with Gasteiger partial charge < -0.3 is 0 Å². The van der Waals surface area contributed by atoms with E-state index < -0.39 is 0 Å². The molecule has 0 saturated carbocycles. The molecule has 0 amide bonds. The van der Waals surface area contributed by atoms with Crippen molar-refractivity contribution in [2.24, 2.45) is 5.41 Å². The van der Waals surface area contributed by atoms with Crippen LogP contribution in [0.25, 0.3) is 23.3 Å². The number of hydrogen-bond acceptors (Lipinski definition) is 0. The van der Waals surface area contributed by atoms with Gasteiger partial charge in [-0.1, -0.05) is 13.8 Å². The lowest BCUT2D eigenvalue weighted by molar-refractivity contribution is 0.694. The van der Waals surface area contributed by atoms with Gasteiger partial charge in [0, 0.05) is 5.41 Å². The average molecular weight is 519 g/mol. The number of hydrogen-bond donors (Lipinski definition) is 0. The zero-order valence-corrected chi connectivity index (χ0v) is 27.7. The van der Waals surface area contributed by atoms with Gasteiger partial charge in [0.25, 0.3) is 0 Å². The Balaban J connectivity index is 2.19. The van der Waals surface area contributed by atoms with Crippen molar-refractivity contribution in [3.8, 4) is 0 Å². The monoisotopic (exact) mass is 518 g/mol. The number of allylic oxidation sites excluding steroid dienone is 2. The van der Waals surface area contributed by atoms with Crippen LogP contribution in [0.4, 0.5) is 0 Å². The second-order valence-electron chi connectivity index (χ2n) is 13.1. The standard InChI is InChI=1S/C39H50/c1-19-21(3)27(9)33(28(10)22(19)4)17-35-37-31(13)25(7)26(8)32(14)38(37)36(39(35,15)16)18-34-29(11)23(5)20(2)24(6)30(34)12/h17-18H,1-16H3. The molecule has 4 rings (SSSR count). The lowest BCUT2D eigenvalue weighted by Gasteiger charge is -2.26. The van der Waals surface area contributed by atoms with E-state index in [0.717, 1.165) is 0 Å². The van der Waals surface area contributed by atoms with E-state index in [2.05, 4.69) is 123 Å². The van der Waals surface area contributed by atoms with E-state index >= 15 is 0 Å². The van der Waals surface area contributed by atoms with Crippen molar-refractivity contribution in [3.63, 3.8) is 0 Å². The summed E-state index contributed by atoms with van der Waals surface area (Å²) in [4.78, 5) is 0. The quantitative estimate of drug-likeness (QED) is 0.316. The molecule has 0 radical (unpaired) electrons. The van der Waals surface area contributed by atoms with Crippen molar-refractivity contribution in [2.75, 3.05) is 0 Å². The first-order chi connectivity index (χ1) is 18.0. The molecule has 1 aliphatic carbocycles. The molecule has 0 bridgehead atoms. The van der Waals surface area contributed by atoms with Gasteiger partial charge >= 0.3 is 0 Å². The van der Waals surface area contributed by atoms with Crippen molar-refractivity contribution in [2.45, 2.75) is 111 Å². The average Bonchev–Trinajstić information content (AvgIpc) is 3.12. The third-order valence-electron chi connectivity index (χ3n) is 11.3. The summed E-state index contributed by atoms with van der Waals surface area (Å²) in [6.45, 7) is 37.1. The number of fused-ring (bicyclic) bond motifs is 1. The van der Waals surface area contributed by atoms with Gasteiger partial charge in [-0.25, -0.2) is 0 Å². The van der Waals surface area contributed by atoms with Crippen molar-refractivity contribution in [1.29, 1.82) is 0 Å². The lowest BCUT2D eigenvalue weighted by atomic mass is 9.77. The fourth-order valence-corrected chi connectivity index (χ4v) is 7.04. The van der Waals surface area contributed by atoms with E-state index in [9.17, 15) is 0 Å². The summed E-state index contributed by atoms with van der Waals surface area (Å²) < 4.78 is 0. The molecule has 0 unspecified atom stereocenters. The van der Waals surface area contributed by atoms with Crippen LogP contribution in [0.1, 0.15) is 114 Å². The minimum absolute atomic E-state index is 0.130. The molecule has 3 aromatic carbocycles. The number of rotatable bonds is 2. The fourth-order valence-electron chi connectivity index (χ4n) is 7.04. The zero-order valence-electron chi connectivity index (χ0n) is 27.7. The van der Waals surface area contributed by atoms with Gasteiger partial charge in [-0.2, -0.15) is 0 Å².